The molecule has 0 spiro atoms. The second-order valence-electron chi connectivity index (χ2n) is 5.83. The second-order valence-corrected chi connectivity index (χ2v) is 8.87. The second kappa shape index (κ2) is 7.98. The number of thiophene rings is 1. The molecule has 1 amide bonds. The largest absolute Gasteiger partial charge is 0.433 e. The summed E-state index contributed by atoms with van der Waals surface area (Å²) in [5, 5.41) is 14.1. The first-order chi connectivity index (χ1) is 12.5. The summed E-state index contributed by atoms with van der Waals surface area (Å²) in [6.07, 6.45) is -4.29. The quantitative estimate of drug-likeness (QED) is 0.736. The average Bonchev–Trinajstić information content (AvgIpc) is 3.24. The Bertz CT molecular complexity index is 890. The molecule has 0 radical (unpaired) electrons. The van der Waals surface area contributed by atoms with Crippen molar-refractivity contribution in [2.75, 3.05) is 13.2 Å². The number of rotatable bonds is 7. The van der Waals surface area contributed by atoms with E-state index in [0.29, 0.717) is 8.99 Å². The molecular weight excluding hydrogens is 407 g/mol. The highest BCUT2D eigenvalue weighted by Gasteiger charge is 2.43. The van der Waals surface area contributed by atoms with Crippen molar-refractivity contribution in [3.63, 3.8) is 0 Å². The molecule has 0 fully saturated rings. The van der Waals surface area contributed by atoms with E-state index in [2.05, 4.69) is 5.10 Å². The zero-order valence-electron chi connectivity index (χ0n) is 14.5. The molecule has 1 N–H and O–H groups in total. The number of sulfonamides is 1. The molecule has 0 aromatic carbocycles. The molecule has 0 saturated carbocycles. The van der Waals surface area contributed by atoms with Gasteiger partial charge in [0.05, 0.1) is 11.8 Å². The van der Waals surface area contributed by atoms with E-state index in [4.69, 9.17) is 5.11 Å². The van der Waals surface area contributed by atoms with Gasteiger partial charge in [-0.15, -0.1) is 11.3 Å². The zero-order chi connectivity index (χ0) is 20.4. The summed E-state index contributed by atoms with van der Waals surface area (Å²) in [7, 11) is -4.36. The maximum absolute atomic E-state index is 13.5. The average molecular weight is 425 g/mol. The lowest BCUT2D eigenvalue weighted by Crippen LogP contribution is -2.38. The first kappa shape index (κ1) is 21.4. The molecule has 0 atom stereocenters. The molecular formula is C15H18F3N3O4S2. The highest BCUT2D eigenvalue weighted by Crippen LogP contribution is 2.35. The monoisotopic (exact) mass is 425 g/mol. The molecule has 0 aliphatic heterocycles. The Kier molecular flexibility index (Phi) is 6.32. The Labute approximate surface area is 158 Å². The van der Waals surface area contributed by atoms with Gasteiger partial charge in [0, 0.05) is 19.2 Å². The van der Waals surface area contributed by atoms with Crippen LogP contribution in [0.25, 0.3) is 0 Å². The molecule has 2 rings (SSSR count). The number of hydrogen-bond donors (Lipinski definition) is 1. The maximum atomic E-state index is 13.5. The van der Waals surface area contributed by atoms with Crippen molar-refractivity contribution in [2.24, 2.45) is 0 Å². The molecule has 0 saturated heterocycles. The molecule has 2 heterocycles. The third-order valence-electron chi connectivity index (χ3n) is 3.57. The van der Waals surface area contributed by atoms with Crippen LogP contribution in [0.4, 0.5) is 13.2 Å². The van der Waals surface area contributed by atoms with Gasteiger partial charge >= 0.3 is 6.18 Å². The lowest BCUT2D eigenvalue weighted by atomic mass is 10.2. The van der Waals surface area contributed by atoms with Crippen LogP contribution in [-0.4, -0.2) is 46.7 Å². The van der Waals surface area contributed by atoms with Crippen LogP contribution in [0.1, 0.15) is 42.4 Å². The number of halogens is 3. The lowest BCUT2D eigenvalue weighted by molar-refractivity contribution is -0.145. The third-order valence-corrected chi connectivity index (χ3v) is 6.72. The standard InChI is InChI=1S/C15H18F3N3O4S2/c1-10(2)21-13(15(16,17)18)11(9-19-21)14(23)20(6-4-7-22)27(24,25)12-5-3-8-26-12/h3,5,8-10,22H,4,6-7H2,1-2H3. The number of hydrogen-bond acceptors (Lipinski definition) is 6. The number of carbonyl (C=O) groups is 1. The van der Waals surface area contributed by atoms with Crippen LogP contribution in [0.5, 0.6) is 0 Å². The normalized spacial score (nSPS) is 12.6. The van der Waals surface area contributed by atoms with E-state index < -0.39 is 52.6 Å². The van der Waals surface area contributed by atoms with Crippen molar-refractivity contribution in [2.45, 2.75) is 36.7 Å². The molecule has 2 aromatic heterocycles. The summed E-state index contributed by atoms with van der Waals surface area (Å²) in [5.41, 5.74) is -2.16. The Morgan fingerprint density at radius 1 is 1.41 bits per heavy atom. The fourth-order valence-electron chi connectivity index (χ4n) is 2.39. The predicted octanol–water partition coefficient (Wildman–Crippen LogP) is 2.76. The van der Waals surface area contributed by atoms with Crippen LogP contribution in [0, 0.1) is 0 Å². The Balaban J connectivity index is 2.57. The summed E-state index contributed by atoms with van der Waals surface area (Å²) >= 11 is 0.837. The van der Waals surface area contributed by atoms with Gasteiger partial charge in [0.25, 0.3) is 15.9 Å². The van der Waals surface area contributed by atoms with Crippen LogP contribution in [-0.2, 0) is 16.2 Å². The summed E-state index contributed by atoms with van der Waals surface area (Å²) in [6.45, 7) is 2.03. The van der Waals surface area contributed by atoms with E-state index >= 15 is 0 Å². The summed E-state index contributed by atoms with van der Waals surface area (Å²) in [4.78, 5) is 12.8. The highest BCUT2D eigenvalue weighted by molar-refractivity contribution is 7.91. The predicted molar refractivity (Wildman–Crippen MR) is 91.9 cm³/mol. The molecule has 7 nitrogen and oxygen atoms in total. The third kappa shape index (κ3) is 4.33. The van der Waals surface area contributed by atoms with E-state index in [0.717, 1.165) is 17.5 Å². The number of amides is 1. The number of nitrogens with zero attached hydrogens (tertiary/aromatic N) is 3. The van der Waals surface area contributed by atoms with E-state index in [-0.39, 0.29) is 10.6 Å². The first-order valence-corrected chi connectivity index (χ1v) is 10.2. The van der Waals surface area contributed by atoms with Crippen molar-refractivity contribution in [1.82, 2.24) is 14.1 Å². The van der Waals surface area contributed by atoms with Gasteiger partial charge in [-0.2, -0.15) is 18.3 Å². The van der Waals surface area contributed by atoms with Gasteiger partial charge in [0.15, 0.2) is 5.69 Å². The molecule has 2 aromatic rings. The Morgan fingerprint density at radius 3 is 2.56 bits per heavy atom. The van der Waals surface area contributed by atoms with Gasteiger partial charge in [-0.1, -0.05) is 6.07 Å². The van der Waals surface area contributed by atoms with Crippen LogP contribution in [0.3, 0.4) is 0 Å². The summed E-state index contributed by atoms with van der Waals surface area (Å²) < 4.78 is 66.9. The lowest BCUT2D eigenvalue weighted by Gasteiger charge is -2.22. The Morgan fingerprint density at radius 2 is 2.07 bits per heavy atom. The van der Waals surface area contributed by atoms with Gasteiger partial charge in [-0.3, -0.25) is 9.48 Å². The van der Waals surface area contributed by atoms with Crippen LogP contribution in [0.15, 0.2) is 27.9 Å². The Hall–Kier alpha value is -1.92. The van der Waals surface area contributed by atoms with Crippen molar-refractivity contribution in [3.8, 4) is 0 Å². The van der Waals surface area contributed by atoms with Gasteiger partial charge in [-0.05, 0) is 31.7 Å². The topological polar surface area (TPSA) is 92.5 Å². The minimum atomic E-state index is -4.90. The number of carbonyl (C=O) groups excluding carboxylic acids is 1. The van der Waals surface area contributed by atoms with E-state index in [1.807, 2.05) is 0 Å². The number of aliphatic hydroxyl groups is 1. The zero-order valence-corrected chi connectivity index (χ0v) is 16.1. The van der Waals surface area contributed by atoms with Crippen molar-refractivity contribution in [3.05, 3.63) is 35.0 Å². The minimum Gasteiger partial charge on any atom is -0.396 e. The fourth-order valence-corrected chi connectivity index (χ4v) is 4.92. The van der Waals surface area contributed by atoms with Crippen LogP contribution < -0.4 is 0 Å². The van der Waals surface area contributed by atoms with Gasteiger partial charge < -0.3 is 5.11 Å². The summed E-state index contributed by atoms with van der Waals surface area (Å²) in [6, 6.07) is 2.01. The molecule has 0 unspecified atom stereocenters. The molecule has 0 bridgehead atoms. The van der Waals surface area contributed by atoms with Crippen LogP contribution in [0.2, 0.25) is 0 Å². The summed E-state index contributed by atoms with van der Waals surface area (Å²) in [5.74, 6) is -1.34. The number of alkyl halides is 3. The van der Waals surface area contributed by atoms with E-state index in [1.165, 1.54) is 31.4 Å². The SMILES string of the molecule is CC(C)n1ncc(C(=O)N(CCCO)S(=O)(=O)c2cccs2)c1C(F)(F)F. The molecule has 0 aliphatic carbocycles. The fraction of sp³-hybridized carbons (Fsp3) is 0.467. The maximum Gasteiger partial charge on any atom is 0.433 e. The molecule has 0 aliphatic rings. The minimum absolute atomic E-state index is 0.115. The van der Waals surface area contributed by atoms with Gasteiger partial charge in [-0.25, -0.2) is 12.7 Å². The van der Waals surface area contributed by atoms with Crippen molar-refractivity contribution < 1.29 is 31.5 Å². The van der Waals surface area contributed by atoms with E-state index in [1.54, 1.807) is 0 Å². The first-order valence-electron chi connectivity index (χ1n) is 7.88. The molecule has 12 heteroatoms. The van der Waals surface area contributed by atoms with Gasteiger partial charge in [0.2, 0.25) is 0 Å². The molecule has 150 valence electrons. The van der Waals surface area contributed by atoms with Crippen molar-refractivity contribution in [1.29, 1.82) is 0 Å². The highest BCUT2D eigenvalue weighted by atomic mass is 32.2. The number of aliphatic hydroxyl groups excluding tert-OH is 1. The van der Waals surface area contributed by atoms with Crippen LogP contribution >= 0.6 is 11.3 Å². The number of aromatic nitrogens is 2. The molecule has 27 heavy (non-hydrogen) atoms. The van der Waals surface area contributed by atoms with E-state index in [9.17, 15) is 26.4 Å². The van der Waals surface area contributed by atoms with Crippen molar-refractivity contribution >= 4 is 27.3 Å². The smallest absolute Gasteiger partial charge is 0.396 e. The van der Waals surface area contributed by atoms with Gasteiger partial charge in [0.1, 0.15) is 4.21 Å².